The van der Waals surface area contributed by atoms with E-state index in [4.69, 9.17) is 11.6 Å². The van der Waals surface area contributed by atoms with Crippen LogP contribution in [0.4, 0.5) is 4.39 Å². The number of halogens is 2. The van der Waals surface area contributed by atoms with E-state index in [-0.39, 0.29) is 11.4 Å². The lowest BCUT2D eigenvalue weighted by molar-refractivity contribution is 0.167. The largest absolute Gasteiger partial charge is 0.386 e. The summed E-state index contributed by atoms with van der Waals surface area (Å²) in [5.74, 6) is -0.467. The molecule has 2 aromatic rings. The van der Waals surface area contributed by atoms with Gasteiger partial charge in [-0.05, 0) is 24.6 Å². The van der Waals surface area contributed by atoms with Crippen LogP contribution in [0.15, 0.2) is 30.5 Å². The van der Waals surface area contributed by atoms with E-state index in [1.54, 1.807) is 29.1 Å². The van der Waals surface area contributed by atoms with Crippen LogP contribution >= 0.6 is 11.6 Å². The summed E-state index contributed by atoms with van der Waals surface area (Å²) in [5.41, 5.74) is 1.30. The maximum Gasteiger partial charge on any atom is 0.142 e. The summed E-state index contributed by atoms with van der Waals surface area (Å²) in [6, 6.07) is 6.34. The van der Waals surface area contributed by atoms with Crippen LogP contribution in [0.1, 0.15) is 24.3 Å². The Balaban J connectivity index is 2.21. The molecular formula is C13H14ClFN2O. The Bertz CT molecular complexity index is 542. The van der Waals surface area contributed by atoms with Crippen LogP contribution in [-0.2, 0) is 13.0 Å². The first kappa shape index (κ1) is 13.1. The molecule has 1 aromatic heterocycles. The number of aromatic nitrogens is 2. The molecule has 0 amide bonds. The fourth-order valence-electron chi connectivity index (χ4n) is 1.91. The van der Waals surface area contributed by atoms with Crippen molar-refractivity contribution in [3.8, 4) is 0 Å². The molecule has 18 heavy (non-hydrogen) atoms. The standard InChI is InChI=1S/C13H14ClFN2O/c1-2-17-11(6-7-16-17)12(18)8-9-4-3-5-10(15)13(9)14/h3-7,12,18H,2,8H2,1H3. The molecule has 0 spiro atoms. The quantitative estimate of drug-likeness (QED) is 0.926. The Kier molecular flexibility index (Phi) is 3.99. The smallest absolute Gasteiger partial charge is 0.142 e. The summed E-state index contributed by atoms with van der Waals surface area (Å²) in [6.07, 6.45) is 1.16. The third-order valence-corrected chi connectivity index (χ3v) is 3.26. The van der Waals surface area contributed by atoms with Crippen molar-refractivity contribution in [2.75, 3.05) is 0 Å². The second-order valence-electron chi connectivity index (χ2n) is 4.00. The van der Waals surface area contributed by atoms with Crippen LogP contribution in [0.3, 0.4) is 0 Å². The highest BCUT2D eigenvalue weighted by molar-refractivity contribution is 6.31. The maximum atomic E-state index is 13.3. The SMILES string of the molecule is CCn1nccc1C(O)Cc1cccc(F)c1Cl. The fraction of sp³-hybridized carbons (Fsp3) is 0.308. The normalized spacial score (nSPS) is 12.7. The topological polar surface area (TPSA) is 38.0 Å². The minimum absolute atomic E-state index is 0.0686. The molecule has 1 unspecified atom stereocenters. The molecule has 0 saturated carbocycles. The highest BCUT2D eigenvalue weighted by Gasteiger charge is 2.16. The van der Waals surface area contributed by atoms with Crippen molar-refractivity contribution >= 4 is 11.6 Å². The summed E-state index contributed by atoms with van der Waals surface area (Å²) in [7, 11) is 0. The zero-order valence-corrected chi connectivity index (χ0v) is 10.7. The van der Waals surface area contributed by atoms with Gasteiger partial charge in [-0.25, -0.2) is 4.39 Å². The Morgan fingerprint density at radius 2 is 2.22 bits per heavy atom. The number of hydrogen-bond donors (Lipinski definition) is 1. The molecule has 3 nitrogen and oxygen atoms in total. The average molecular weight is 269 g/mol. The average Bonchev–Trinajstić information content (AvgIpc) is 2.83. The molecule has 0 saturated heterocycles. The molecule has 96 valence electrons. The predicted molar refractivity (Wildman–Crippen MR) is 68.0 cm³/mol. The van der Waals surface area contributed by atoms with Gasteiger partial charge in [0.25, 0.3) is 0 Å². The van der Waals surface area contributed by atoms with Crippen molar-refractivity contribution in [2.24, 2.45) is 0 Å². The number of nitrogens with zero attached hydrogens (tertiary/aromatic N) is 2. The molecule has 2 rings (SSSR count). The second-order valence-corrected chi connectivity index (χ2v) is 4.38. The van der Waals surface area contributed by atoms with Gasteiger partial charge in [-0.3, -0.25) is 4.68 Å². The van der Waals surface area contributed by atoms with E-state index in [9.17, 15) is 9.50 Å². The minimum atomic E-state index is -0.744. The van der Waals surface area contributed by atoms with Crippen molar-refractivity contribution in [2.45, 2.75) is 26.0 Å². The van der Waals surface area contributed by atoms with Crippen LogP contribution in [0.5, 0.6) is 0 Å². The highest BCUT2D eigenvalue weighted by Crippen LogP contribution is 2.25. The van der Waals surface area contributed by atoms with Crippen LogP contribution in [0, 0.1) is 5.82 Å². The van der Waals surface area contributed by atoms with Gasteiger partial charge in [0.15, 0.2) is 0 Å². The Hall–Kier alpha value is -1.39. The lowest BCUT2D eigenvalue weighted by Gasteiger charge is -2.13. The molecule has 1 aromatic carbocycles. The van der Waals surface area contributed by atoms with E-state index in [0.717, 1.165) is 0 Å². The first-order valence-corrected chi connectivity index (χ1v) is 6.14. The highest BCUT2D eigenvalue weighted by atomic mass is 35.5. The van der Waals surface area contributed by atoms with Gasteiger partial charge in [-0.2, -0.15) is 5.10 Å². The Morgan fingerprint density at radius 1 is 1.44 bits per heavy atom. The summed E-state index contributed by atoms with van der Waals surface area (Å²) in [4.78, 5) is 0. The monoisotopic (exact) mass is 268 g/mol. The number of aryl methyl sites for hydroxylation is 1. The zero-order chi connectivity index (χ0) is 13.1. The molecule has 1 heterocycles. The lowest BCUT2D eigenvalue weighted by atomic mass is 10.1. The molecule has 0 aliphatic heterocycles. The predicted octanol–water partition coefficient (Wildman–Crippen LogP) is 2.97. The lowest BCUT2D eigenvalue weighted by Crippen LogP contribution is -2.10. The number of aliphatic hydroxyl groups is 1. The first-order chi connectivity index (χ1) is 8.63. The molecule has 0 bridgehead atoms. The number of benzene rings is 1. The third-order valence-electron chi connectivity index (χ3n) is 2.84. The van der Waals surface area contributed by atoms with Crippen molar-refractivity contribution in [1.29, 1.82) is 0 Å². The third kappa shape index (κ3) is 2.54. The van der Waals surface area contributed by atoms with Gasteiger partial charge in [0.2, 0.25) is 0 Å². The molecule has 5 heteroatoms. The van der Waals surface area contributed by atoms with E-state index in [1.807, 2.05) is 6.92 Å². The van der Waals surface area contributed by atoms with Crippen LogP contribution < -0.4 is 0 Å². The molecule has 1 N–H and O–H groups in total. The molecule has 0 aliphatic carbocycles. The van der Waals surface area contributed by atoms with Gasteiger partial charge in [-0.1, -0.05) is 23.7 Å². The van der Waals surface area contributed by atoms with Gasteiger partial charge in [0.05, 0.1) is 16.8 Å². The fourth-order valence-corrected chi connectivity index (χ4v) is 2.11. The zero-order valence-electron chi connectivity index (χ0n) is 9.98. The van der Waals surface area contributed by atoms with Gasteiger partial charge < -0.3 is 5.11 Å². The van der Waals surface area contributed by atoms with E-state index in [0.29, 0.717) is 17.8 Å². The number of rotatable bonds is 4. The maximum absolute atomic E-state index is 13.3. The molecule has 0 radical (unpaired) electrons. The van der Waals surface area contributed by atoms with Crippen molar-refractivity contribution in [3.05, 3.63) is 52.6 Å². The van der Waals surface area contributed by atoms with Crippen LogP contribution in [0.2, 0.25) is 5.02 Å². The van der Waals surface area contributed by atoms with Gasteiger partial charge in [-0.15, -0.1) is 0 Å². The molecule has 0 aliphatic rings. The molecular weight excluding hydrogens is 255 g/mol. The van der Waals surface area contributed by atoms with E-state index < -0.39 is 11.9 Å². The van der Waals surface area contributed by atoms with E-state index in [1.165, 1.54) is 6.07 Å². The summed E-state index contributed by atoms with van der Waals surface area (Å²) in [5, 5.41) is 14.3. The molecule has 1 atom stereocenters. The van der Waals surface area contributed by atoms with Crippen LogP contribution in [0.25, 0.3) is 0 Å². The van der Waals surface area contributed by atoms with Crippen molar-refractivity contribution in [1.82, 2.24) is 9.78 Å². The Morgan fingerprint density at radius 3 is 2.94 bits per heavy atom. The van der Waals surface area contributed by atoms with Gasteiger partial charge >= 0.3 is 0 Å². The van der Waals surface area contributed by atoms with E-state index in [2.05, 4.69) is 5.10 Å². The summed E-state index contributed by atoms with van der Waals surface area (Å²) >= 11 is 5.86. The van der Waals surface area contributed by atoms with Crippen LogP contribution in [-0.4, -0.2) is 14.9 Å². The van der Waals surface area contributed by atoms with E-state index >= 15 is 0 Å². The van der Waals surface area contributed by atoms with Gasteiger partial charge in [0.1, 0.15) is 5.82 Å². The van der Waals surface area contributed by atoms with Crippen molar-refractivity contribution in [3.63, 3.8) is 0 Å². The minimum Gasteiger partial charge on any atom is -0.386 e. The summed E-state index contributed by atoms with van der Waals surface area (Å²) in [6.45, 7) is 2.62. The van der Waals surface area contributed by atoms with Crippen molar-refractivity contribution < 1.29 is 9.50 Å². The number of hydrogen-bond acceptors (Lipinski definition) is 2. The summed E-state index contributed by atoms with van der Waals surface area (Å²) < 4.78 is 15.0. The number of aliphatic hydroxyl groups excluding tert-OH is 1. The molecule has 0 fully saturated rings. The Labute approximate surface area is 110 Å². The first-order valence-electron chi connectivity index (χ1n) is 5.76. The second kappa shape index (κ2) is 5.50. The van der Waals surface area contributed by atoms with Gasteiger partial charge in [0, 0.05) is 19.2 Å².